The van der Waals surface area contributed by atoms with Crippen LogP contribution >= 0.6 is 0 Å². The van der Waals surface area contributed by atoms with Gasteiger partial charge in [-0.1, -0.05) is 36.8 Å². The first-order valence-corrected chi connectivity index (χ1v) is 9.58. The van der Waals surface area contributed by atoms with E-state index in [9.17, 15) is 14.9 Å². The molecule has 4 rings (SSSR count). The minimum Gasteiger partial charge on any atom is -0.352 e. The number of nitriles is 1. The Balaban J connectivity index is 1.73. The van der Waals surface area contributed by atoms with Crippen molar-refractivity contribution in [1.82, 2.24) is 14.9 Å². The first-order chi connectivity index (χ1) is 13.2. The fourth-order valence-corrected chi connectivity index (χ4v) is 3.61. The molecule has 1 atom stereocenters. The van der Waals surface area contributed by atoms with Gasteiger partial charge in [0.25, 0.3) is 0 Å². The van der Waals surface area contributed by atoms with Crippen molar-refractivity contribution in [2.24, 2.45) is 5.92 Å². The number of fused-ring (bicyclic) bond motifs is 1. The summed E-state index contributed by atoms with van der Waals surface area (Å²) in [6.07, 6.45) is 5.66. The fraction of sp³-hybridized carbons (Fsp3) is 0.429. The van der Waals surface area contributed by atoms with E-state index in [-0.39, 0.29) is 11.7 Å². The van der Waals surface area contributed by atoms with Gasteiger partial charge < -0.3 is 9.88 Å². The van der Waals surface area contributed by atoms with Gasteiger partial charge in [0.2, 0.25) is 11.7 Å². The SMILES string of the molecule is N#CC(C(=O)NC1CC1)C(=O)c1nc(-c2ccccc2)n2c1CCCCC2. The van der Waals surface area contributed by atoms with Crippen LogP contribution in [-0.4, -0.2) is 27.3 Å². The highest BCUT2D eigenvalue weighted by molar-refractivity contribution is 6.12. The molecule has 1 aromatic heterocycles. The lowest BCUT2D eigenvalue weighted by molar-refractivity contribution is -0.122. The Labute approximate surface area is 158 Å². The van der Waals surface area contributed by atoms with Crippen LogP contribution in [0.15, 0.2) is 30.3 Å². The number of aromatic nitrogens is 2. The number of nitrogens with one attached hydrogen (secondary N) is 1. The summed E-state index contributed by atoms with van der Waals surface area (Å²) in [5.41, 5.74) is 2.08. The largest absolute Gasteiger partial charge is 0.352 e. The lowest BCUT2D eigenvalue weighted by atomic mass is 9.99. The lowest BCUT2D eigenvalue weighted by Gasteiger charge is -2.10. The topological polar surface area (TPSA) is 87.8 Å². The number of Topliss-reactive ketones (excluding diaryl/α,β-unsaturated/α-hetero) is 1. The van der Waals surface area contributed by atoms with E-state index in [0.29, 0.717) is 0 Å². The first-order valence-electron chi connectivity index (χ1n) is 9.58. The van der Waals surface area contributed by atoms with E-state index in [0.717, 1.165) is 62.2 Å². The molecule has 1 saturated carbocycles. The van der Waals surface area contributed by atoms with Gasteiger partial charge in [-0.25, -0.2) is 4.98 Å². The first kappa shape index (κ1) is 17.5. The number of amides is 1. The van der Waals surface area contributed by atoms with Gasteiger partial charge in [-0.2, -0.15) is 5.26 Å². The molecule has 0 bridgehead atoms. The van der Waals surface area contributed by atoms with Crippen molar-refractivity contribution in [3.63, 3.8) is 0 Å². The molecule has 1 N–H and O–H groups in total. The molecule has 0 radical (unpaired) electrons. The quantitative estimate of drug-likeness (QED) is 0.654. The molecule has 1 aromatic carbocycles. The Bertz CT molecular complexity index is 906. The summed E-state index contributed by atoms with van der Waals surface area (Å²) < 4.78 is 2.10. The van der Waals surface area contributed by atoms with Crippen molar-refractivity contribution in [3.05, 3.63) is 41.7 Å². The highest BCUT2D eigenvalue weighted by atomic mass is 16.2. The van der Waals surface area contributed by atoms with Crippen molar-refractivity contribution >= 4 is 11.7 Å². The van der Waals surface area contributed by atoms with E-state index < -0.39 is 17.6 Å². The Hall–Kier alpha value is -2.94. The second-order valence-corrected chi connectivity index (χ2v) is 7.27. The zero-order valence-electron chi connectivity index (χ0n) is 15.1. The second-order valence-electron chi connectivity index (χ2n) is 7.27. The molecule has 138 valence electrons. The van der Waals surface area contributed by atoms with Gasteiger partial charge in [0.1, 0.15) is 11.5 Å². The minimum atomic E-state index is -1.34. The third-order valence-electron chi connectivity index (χ3n) is 5.21. The van der Waals surface area contributed by atoms with Gasteiger partial charge in [0, 0.05) is 23.8 Å². The number of imidazole rings is 1. The predicted octanol–water partition coefficient (Wildman–Crippen LogP) is 2.88. The summed E-state index contributed by atoms with van der Waals surface area (Å²) in [5, 5.41) is 12.2. The maximum Gasteiger partial charge on any atom is 0.245 e. The van der Waals surface area contributed by atoms with E-state index in [1.165, 1.54) is 0 Å². The fourth-order valence-electron chi connectivity index (χ4n) is 3.61. The molecule has 1 aliphatic carbocycles. The number of hydrogen-bond donors (Lipinski definition) is 1. The average molecular weight is 362 g/mol. The van der Waals surface area contributed by atoms with Gasteiger partial charge in [0.05, 0.1) is 6.07 Å². The zero-order valence-corrected chi connectivity index (χ0v) is 15.1. The van der Waals surface area contributed by atoms with Gasteiger partial charge in [-0.15, -0.1) is 0 Å². The molecular weight excluding hydrogens is 340 g/mol. The van der Waals surface area contributed by atoms with Crippen LogP contribution in [0.2, 0.25) is 0 Å². The predicted molar refractivity (Wildman–Crippen MR) is 99.8 cm³/mol. The Morgan fingerprint density at radius 2 is 1.96 bits per heavy atom. The highest BCUT2D eigenvalue weighted by Crippen LogP contribution is 2.28. The minimum absolute atomic E-state index is 0.111. The molecule has 27 heavy (non-hydrogen) atoms. The molecule has 6 nitrogen and oxygen atoms in total. The third kappa shape index (κ3) is 3.50. The summed E-state index contributed by atoms with van der Waals surface area (Å²) in [7, 11) is 0. The van der Waals surface area contributed by atoms with Crippen LogP contribution in [0.4, 0.5) is 0 Å². The van der Waals surface area contributed by atoms with E-state index in [2.05, 4.69) is 14.9 Å². The number of ketones is 1. The molecule has 1 fully saturated rings. The van der Waals surface area contributed by atoms with E-state index >= 15 is 0 Å². The second kappa shape index (κ2) is 7.36. The maximum absolute atomic E-state index is 13.1. The lowest BCUT2D eigenvalue weighted by Crippen LogP contribution is -2.36. The van der Waals surface area contributed by atoms with Crippen molar-refractivity contribution < 1.29 is 9.59 Å². The Morgan fingerprint density at radius 1 is 1.19 bits per heavy atom. The van der Waals surface area contributed by atoms with Crippen LogP contribution in [0.3, 0.4) is 0 Å². The van der Waals surface area contributed by atoms with Crippen LogP contribution in [0.5, 0.6) is 0 Å². The summed E-state index contributed by atoms with van der Waals surface area (Å²) in [4.78, 5) is 30.1. The normalized spacial score (nSPS) is 17.3. The van der Waals surface area contributed by atoms with Gasteiger partial charge in [-0.3, -0.25) is 9.59 Å². The molecule has 1 unspecified atom stereocenters. The maximum atomic E-state index is 13.1. The average Bonchev–Trinajstić information content (AvgIpc) is 3.46. The van der Waals surface area contributed by atoms with Gasteiger partial charge >= 0.3 is 0 Å². The molecule has 1 amide bonds. The van der Waals surface area contributed by atoms with Crippen LogP contribution in [0.25, 0.3) is 11.4 Å². The van der Waals surface area contributed by atoms with Crippen molar-refractivity contribution in [1.29, 1.82) is 5.26 Å². The van der Waals surface area contributed by atoms with Crippen molar-refractivity contribution in [3.8, 4) is 17.5 Å². The Kier molecular flexibility index (Phi) is 4.76. The smallest absolute Gasteiger partial charge is 0.245 e. The molecular formula is C21H22N4O2. The molecule has 6 heteroatoms. The summed E-state index contributed by atoms with van der Waals surface area (Å²) in [5.74, 6) is -1.57. The van der Waals surface area contributed by atoms with Crippen molar-refractivity contribution in [2.75, 3.05) is 0 Å². The van der Waals surface area contributed by atoms with Crippen LogP contribution in [0.1, 0.15) is 48.3 Å². The van der Waals surface area contributed by atoms with Crippen LogP contribution < -0.4 is 5.32 Å². The molecule has 0 spiro atoms. The van der Waals surface area contributed by atoms with E-state index in [1.54, 1.807) is 0 Å². The number of nitrogens with zero attached hydrogens (tertiary/aromatic N) is 3. The molecule has 0 saturated heterocycles. The number of carbonyl (C=O) groups is 2. The molecule has 1 aliphatic heterocycles. The van der Waals surface area contributed by atoms with Gasteiger partial charge in [0.15, 0.2) is 5.92 Å². The zero-order chi connectivity index (χ0) is 18.8. The Morgan fingerprint density at radius 3 is 2.67 bits per heavy atom. The highest BCUT2D eigenvalue weighted by Gasteiger charge is 2.35. The molecule has 2 aromatic rings. The van der Waals surface area contributed by atoms with E-state index in [1.807, 2.05) is 36.4 Å². The van der Waals surface area contributed by atoms with Crippen LogP contribution in [0, 0.1) is 17.2 Å². The number of benzene rings is 1. The molecule has 2 aliphatic rings. The standard InChI is InChI=1S/C21H22N4O2/c22-13-16(21(27)23-15-10-11-15)19(26)18-17-9-5-2-6-12-25(17)20(24-18)14-7-3-1-4-8-14/h1,3-4,7-8,15-16H,2,5-6,9-12H2,(H,23,27). The summed E-state index contributed by atoms with van der Waals surface area (Å²) in [6.45, 7) is 0.797. The third-order valence-corrected chi connectivity index (χ3v) is 5.21. The van der Waals surface area contributed by atoms with Crippen molar-refractivity contribution in [2.45, 2.75) is 51.1 Å². The van der Waals surface area contributed by atoms with Gasteiger partial charge in [-0.05, 0) is 32.1 Å². The van der Waals surface area contributed by atoms with Crippen LogP contribution in [-0.2, 0) is 17.8 Å². The number of rotatable bonds is 5. The molecule has 2 heterocycles. The number of carbonyl (C=O) groups excluding carboxylic acids is 2. The monoisotopic (exact) mass is 362 g/mol. The number of hydrogen-bond acceptors (Lipinski definition) is 4. The van der Waals surface area contributed by atoms with E-state index in [4.69, 9.17) is 0 Å². The summed E-state index contributed by atoms with van der Waals surface area (Å²) >= 11 is 0. The summed E-state index contributed by atoms with van der Waals surface area (Å²) in [6, 6.07) is 11.8.